The van der Waals surface area contributed by atoms with Gasteiger partial charge in [0, 0.05) is 32.1 Å². The van der Waals surface area contributed by atoms with Crippen LogP contribution in [0.1, 0.15) is 46.5 Å². The Labute approximate surface area is 118 Å². The van der Waals surface area contributed by atoms with Crippen molar-refractivity contribution < 1.29 is 4.79 Å². The first kappa shape index (κ1) is 16.4. The van der Waals surface area contributed by atoms with Crippen molar-refractivity contribution in [3.63, 3.8) is 0 Å². The molecular formula is C15H31N3O. The number of rotatable bonds is 9. The summed E-state index contributed by atoms with van der Waals surface area (Å²) in [5, 5.41) is 3.54. The molecule has 0 aromatic heterocycles. The number of hydrogen-bond donors (Lipinski definition) is 1. The number of carbonyl (C=O) groups is 1. The molecule has 0 saturated carbocycles. The molecule has 4 heteroatoms. The second-order valence-corrected chi connectivity index (χ2v) is 5.36. The highest BCUT2D eigenvalue weighted by molar-refractivity contribution is 5.76. The Bertz CT molecular complexity index is 248. The summed E-state index contributed by atoms with van der Waals surface area (Å²) >= 11 is 0. The fourth-order valence-electron chi connectivity index (χ4n) is 2.79. The van der Waals surface area contributed by atoms with Gasteiger partial charge in [0.2, 0.25) is 5.91 Å². The molecule has 1 fully saturated rings. The van der Waals surface area contributed by atoms with Crippen molar-refractivity contribution in [1.29, 1.82) is 0 Å². The van der Waals surface area contributed by atoms with E-state index >= 15 is 0 Å². The zero-order chi connectivity index (χ0) is 14.1. The topological polar surface area (TPSA) is 35.6 Å². The SMILES string of the molecule is CCN(CCCC(=O)N(CC)CC)CC1CCCN1. The largest absolute Gasteiger partial charge is 0.343 e. The summed E-state index contributed by atoms with van der Waals surface area (Å²) in [6.07, 6.45) is 4.28. The quantitative estimate of drug-likeness (QED) is 0.692. The van der Waals surface area contributed by atoms with E-state index in [2.05, 4.69) is 17.1 Å². The van der Waals surface area contributed by atoms with Gasteiger partial charge in [-0.25, -0.2) is 0 Å². The van der Waals surface area contributed by atoms with Crippen LogP contribution in [0, 0.1) is 0 Å². The summed E-state index contributed by atoms with van der Waals surface area (Å²) in [7, 11) is 0. The van der Waals surface area contributed by atoms with E-state index in [1.165, 1.54) is 19.4 Å². The standard InChI is InChI=1S/C15H31N3O/c1-4-17(13-14-9-7-11-16-14)12-8-10-15(19)18(5-2)6-3/h14,16H,4-13H2,1-3H3. The van der Waals surface area contributed by atoms with Crippen molar-refractivity contribution in [2.45, 2.75) is 52.5 Å². The van der Waals surface area contributed by atoms with E-state index in [-0.39, 0.29) is 0 Å². The van der Waals surface area contributed by atoms with Gasteiger partial charge in [-0.1, -0.05) is 6.92 Å². The van der Waals surface area contributed by atoms with Gasteiger partial charge in [-0.3, -0.25) is 4.79 Å². The molecule has 19 heavy (non-hydrogen) atoms. The predicted octanol–water partition coefficient (Wildman–Crippen LogP) is 1.71. The third kappa shape index (κ3) is 5.91. The van der Waals surface area contributed by atoms with E-state index < -0.39 is 0 Å². The van der Waals surface area contributed by atoms with Gasteiger partial charge in [0.05, 0.1) is 0 Å². The molecule has 1 rings (SSSR count). The Morgan fingerprint density at radius 1 is 1.21 bits per heavy atom. The van der Waals surface area contributed by atoms with Crippen LogP contribution < -0.4 is 5.32 Å². The normalized spacial score (nSPS) is 19.1. The van der Waals surface area contributed by atoms with E-state index in [1.54, 1.807) is 0 Å². The van der Waals surface area contributed by atoms with Crippen molar-refractivity contribution in [1.82, 2.24) is 15.1 Å². The second-order valence-electron chi connectivity index (χ2n) is 5.36. The monoisotopic (exact) mass is 269 g/mol. The van der Waals surface area contributed by atoms with Crippen LogP contribution in [0.2, 0.25) is 0 Å². The van der Waals surface area contributed by atoms with Crippen LogP contribution in [0.3, 0.4) is 0 Å². The summed E-state index contributed by atoms with van der Waals surface area (Å²) in [6.45, 7) is 12.4. The molecule has 0 spiro atoms. The maximum absolute atomic E-state index is 11.9. The Kier molecular flexibility index (Phi) is 8.07. The van der Waals surface area contributed by atoms with Gasteiger partial charge in [0.25, 0.3) is 0 Å². The number of amides is 1. The smallest absolute Gasteiger partial charge is 0.222 e. The maximum Gasteiger partial charge on any atom is 0.222 e. The minimum atomic E-state index is 0.306. The molecule has 1 aliphatic heterocycles. The minimum Gasteiger partial charge on any atom is -0.343 e. The molecular weight excluding hydrogens is 238 g/mol. The molecule has 1 amide bonds. The van der Waals surface area contributed by atoms with Gasteiger partial charge in [0.15, 0.2) is 0 Å². The van der Waals surface area contributed by atoms with Crippen LogP contribution in [-0.4, -0.2) is 61.0 Å². The van der Waals surface area contributed by atoms with Gasteiger partial charge >= 0.3 is 0 Å². The summed E-state index contributed by atoms with van der Waals surface area (Å²) in [5.41, 5.74) is 0. The molecule has 0 radical (unpaired) electrons. The van der Waals surface area contributed by atoms with Crippen LogP contribution >= 0.6 is 0 Å². The number of hydrogen-bond acceptors (Lipinski definition) is 3. The van der Waals surface area contributed by atoms with E-state index in [9.17, 15) is 4.79 Å². The summed E-state index contributed by atoms with van der Waals surface area (Å²) < 4.78 is 0. The van der Waals surface area contributed by atoms with Crippen molar-refractivity contribution in [2.75, 3.05) is 39.3 Å². The number of likely N-dealkylation sites (N-methyl/N-ethyl adjacent to an activating group) is 1. The van der Waals surface area contributed by atoms with Gasteiger partial charge in [0.1, 0.15) is 0 Å². The number of nitrogens with one attached hydrogen (secondary N) is 1. The molecule has 0 aromatic rings. The third-order valence-electron chi connectivity index (χ3n) is 4.07. The molecule has 1 atom stereocenters. The average Bonchev–Trinajstić information content (AvgIpc) is 2.92. The zero-order valence-corrected chi connectivity index (χ0v) is 13.0. The average molecular weight is 269 g/mol. The Morgan fingerprint density at radius 3 is 2.47 bits per heavy atom. The Morgan fingerprint density at radius 2 is 1.95 bits per heavy atom. The third-order valence-corrected chi connectivity index (χ3v) is 4.07. The number of nitrogens with zero attached hydrogens (tertiary/aromatic N) is 2. The molecule has 0 bridgehead atoms. The van der Waals surface area contributed by atoms with Crippen molar-refractivity contribution >= 4 is 5.91 Å². The lowest BCUT2D eigenvalue weighted by Crippen LogP contribution is -2.38. The van der Waals surface area contributed by atoms with Crippen LogP contribution in [0.25, 0.3) is 0 Å². The minimum absolute atomic E-state index is 0.306. The first-order valence-electron chi connectivity index (χ1n) is 7.94. The molecule has 112 valence electrons. The van der Waals surface area contributed by atoms with Crippen molar-refractivity contribution in [2.24, 2.45) is 0 Å². The van der Waals surface area contributed by atoms with Crippen LogP contribution in [-0.2, 0) is 4.79 Å². The van der Waals surface area contributed by atoms with E-state index in [1.807, 2.05) is 18.7 Å². The lowest BCUT2D eigenvalue weighted by Gasteiger charge is -2.24. The fraction of sp³-hybridized carbons (Fsp3) is 0.933. The Balaban J connectivity index is 2.19. The first-order valence-corrected chi connectivity index (χ1v) is 7.94. The predicted molar refractivity (Wildman–Crippen MR) is 80.3 cm³/mol. The lowest BCUT2D eigenvalue weighted by molar-refractivity contribution is -0.130. The highest BCUT2D eigenvalue weighted by atomic mass is 16.2. The maximum atomic E-state index is 11.9. The summed E-state index contributed by atoms with van der Waals surface area (Å²) in [5.74, 6) is 0.306. The van der Waals surface area contributed by atoms with Crippen LogP contribution in [0.4, 0.5) is 0 Å². The van der Waals surface area contributed by atoms with E-state index in [0.29, 0.717) is 18.4 Å². The fourth-order valence-corrected chi connectivity index (χ4v) is 2.79. The molecule has 0 aliphatic carbocycles. The highest BCUT2D eigenvalue weighted by Crippen LogP contribution is 2.08. The molecule has 1 heterocycles. The molecule has 0 aromatic carbocycles. The first-order chi connectivity index (χ1) is 9.21. The van der Waals surface area contributed by atoms with E-state index in [0.717, 1.165) is 39.1 Å². The lowest BCUT2D eigenvalue weighted by atomic mass is 10.2. The summed E-state index contributed by atoms with van der Waals surface area (Å²) in [4.78, 5) is 16.3. The molecule has 1 aliphatic rings. The van der Waals surface area contributed by atoms with E-state index in [4.69, 9.17) is 0 Å². The van der Waals surface area contributed by atoms with Gasteiger partial charge < -0.3 is 15.1 Å². The molecule has 1 saturated heterocycles. The number of carbonyl (C=O) groups excluding carboxylic acids is 1. The Hall–Kier alpha value is -0.610. The van der Waals surface area contributed by atoms with Crippen molar-refractivity contribution in [3.8, 4) is 0 Å². The zero-order valence-electron chi connectivity index (χ0n) is 13.0. The molecule has 1 unspecified atom stereocenters. The molecule has 1 N–H and O–H groups in total. The second kappa shape index (κ2) is 9.32. The summed E-state index contributed by atoms with van der Waals surface area (Å²) in [6, 6.07) is 0.665. The van der Waals surface area contributed by atoms with Crippen LogP contribution in [0.5, 0.6) is 0 Å². The van der Waals surface area contributed by atoms with Gasteiger partial charge in [-0.15, -0.1) is 0 Å². The van der Waals surface area contributed by atoms with Gasteiger partial charge in [-0.05, 0) is 52.7 Å². The highest BCUT2D eigenvalue weighted by Gasteiger charge is 2.17. The van der Waals surface area contributed by atoms with Crippen molar-refractivity contribution in [3.05, 3.63) is 0 Å². The van der Waals surface area contributed by atoms with Gasteiger partial charge in [-0.2, -0.15) is 0 Å². The van der Waals surface area contributed by atoms with Crippen LogP contribution in [0.15, 0.2) is 0 Å². The molecule has 4 nitrogen and oxygen atoms in total.